The van der Waals surface area contributed by atoms with Gasteiger partial charge in [-0.15, -0.1) is 0 Å². The van der Waals surface area contributed by atoms with E-state index < -0.39 is 11.9 Å². The zero-order valence-electron chi connectivity index (χ0n) is 12.0. The van der Waals surface area contributed by atoms with Gasteiger partial charge in [0, 0.05) is 36.6 Å². The third-order valence-corrected chi connectivity index (χ3v) is 4.30. The number of hydrogen-bond acceptors (Lipinski definition) is 3. The number of fused-ring (bicyclic) bond motifs is 1. The van der Waals surface area contributed by atoms with E-state index in [2.05, 4.69) is 5.32 Å². The van der Waals surface area contributed by atoms with Crippen LogP contribution in [0.1, 0.15) is 17.5 Å². The van der Waals surface area contributed by atoms with Gasteiger partial charge in [-0.1, -0.05) is 11.6 Å². The quantitative estimate of drug-likeness (QED) is 0.890. The van der Waals surface area contributed by atoms with E-state index >= 15 is 0 Å². The average molecular weight is 325 g/mol. The van der Waals surface area contributed by atoms with Gasteiger partial charge in [-0.25, -0.2) is 4.79 Å². The molecular formula is C15H17ClN2O4. The monoisotopic (exact) mass is 324 g/mol. The smallest absolute Gasteiger partial charge is 0.317 e. The Hall–Kier alpha value is -1.95. The van der Waals surface area contributed by atoms with E-state index in [1.54, 1.807) is 6.07 Å². The number of amides is 2. The number of urea groups is 1. The number of carbonyl (C=O) groups is 2. The molecule has 6 nitrogen and oxygen atoms in total. The van der Waals surface area contributed by atoms with E-state index in [1.807, 2.05) is 6.07 Å². The fraction of sp³-hybridized carbons (Fsp3) is 0.467. The summed E-state index contributed by atoms with van der Waals surface area (Å²) >= 11 is 6.08. The molecule has 0 aromatic heterocycles. The number of aliphatic carboxylic acids is 1. The largest absolute Gasteiger partial charge is 0.493 e. The third-order valence-electron chi connectivity index (χ3n) is 4.08. The van der Waals surface area contributed by atoms with Gasteiger partial charge < -0.3 is 20.1 Å². The summed E-state index contributed by atoms with van der Waals surface area (Å²) in [5, 5.41) is 12.4. The molecule has 1 saturated heterocycles. The van der Waals surface area contributed by atoms with E-state index in [1.165, 1.54) is 4.90 Å². The Bertz CT molecular complexity index is 620. The number of benzene rings is 1. The molecule has 0 aliphatic carbocycles. The first-order chi connectivity index (χ1) is 10.5. The molecule has 1 fully saturated rings. The van der Waals surface area contributed by atoms with Crippen LogP contribution >= 0.6 is 11.6 Å². The number of rotatable bonds is 3. The molecule has 2 heterocycles. The zero-order chi connectivity index (χ0) is 15.7. The maximum atomic E-state index is 12.1. The van der Waals surface area contributed by atoms with E-state index in [-0.39, 0.29) is 12.6 Å². The molecule has 118 valence electrons. The number of nitrogens with one attached hydrogen (secondary N) is 1. The van der Waals surface area contributed by atoms with E-state index in [0.717, 1.165) is 23.3 Å². The van der Waals surface area contributed by atoms with Crippen molar-refractivity contribution in [3.8, 4) is 5.75 Å². The summed E-state index contributed by atoms with van der Waals surface area (Å²) in [5.74, 6) is -0.518. The molecule has 0 spiro atoms. The Balaban J connectivity index is 1.62. The predicted octanol–water partition coefficient (Wildman–Crippen LogP) is 1.89. The van der Waals surface area contributed by atoms with Crippen LogP contribution in [-0.4, -0.2) is 41.7 Å². The normalized spacial score (nSPS) is 19.7. The topological polar surface area (TPSA) is 78.9 Å². The molecule has 7 heteroatoms. The van der Waals surface area contributed by atoms with E-state index in [4.69, 9.17) is 21.4 Å². The van der Waals surface area contributed by atoms with Crippen LogP contribution in [0, 0.1) is 5.92 Å². The van der Waals surface area contributed by atoms with Gasteiger partial charge in [0.1, 0.15) is 5.75 Å². The SMILES string of the molecule is O=C(O)C1CCN(C(=O)NCc2cc(Cl)cc3c2OCC3)C1. The van der Waals surface area contributed by atoms with Gasteiger partial charge in [0.15, 0.2) is 0 Å². The van der Waals surface area contributed by atoms with Crippen LogP contribution in [0.3, 0.4) is 0 Å². The van der Waals surface area contributed by atoms with Crippen molar-refractivity contribution in [2.75, 3.05) is 19.7 Å². The highest BCUT2D eigenvalue weighted by Gasteiger charge is 2.30. The van der Waals surface area contributed by atoms with Crippen LogP contribution < -0.4 is 10.1 Å². The molecule has 0 bridgehead atoms. The molecule has 22 heavy (non-hydrogen) atoms. The molecular weight excluding hydrogens is 308 g/mol. The third kappa shape index (κ3) is 2.97. The summed E-state index contributed by atoms with van der Waals surface area (Å²) in [4.78, 5) is 24.6. The number of halogens is 1. The first-order valence-corrected chi connectivity index (χ1v) is 7.62. The van der Waals surface area contributed by atoms with Crippen molar-refractivity contribution in [3.63, 3.8) is 0 Å². The van der Waals surface area contributed by atoms with Crippen molar-refractivity contribution in [2.24, 2.45) is 5.92 Å². The van der Waals surface area contributed by atoms with Crippen LogP contribution in [-0.2, 0) is 17.8 Å². The van der Waals surface area contributed by atoms with E-state index in [9.17, 15) is 9.59 Å². The summed E-state index contributed by atoms with van der Waals surface area (Å²) in [6.07, 6.45) is 1.32. The molecule has 1 unspecified atom stereocenters. The average Bonchev–Trinajstić information content (AvgIpc) is 3.12. The molecule has 2 N–H and O–H groups in total. The highest BCUT2D eigenvalue weighted by molar-refractivity contribution is 6.30. The Kier molecular flexibility index (Phi) is 4.11. The van der Waals surface area contributed by atoms with Crippen LogP contribution in [0.15, 0.2) is 12.1 Å². The van der Waals surface area contributed by atoms with Gasteiger partial charge in [-0.3, -0.25) is 4.79 Å². The lowest BCUT2D eigenvalue weighted by Gasteiger charge is -2.17. The van der Waals surface area contributed by atoms with Crippen LogP contribution in [0.5, 0.6) is 5.75 Å². The van der Waals surface area contributed by atoms with Crippen LogP contribution in [0.4, 0.5) is 4.79 Å². The lowest BCUT2D eigenvalue weighted by Crippen LogP contribution is -2.38. The second-order valence-electron chi connectivity index (χ2n) is 5.58. The van der Waals surface area contributed by atoms with Crippen molar-refractivity contribution in [1.29, 1.82) is 0 Å². The lowest BCUT2D eigenvalue weighted by molar-refractivity contribution is -0.141. The molecule has 1 aromatic rings. The van der Waals surface area contributed by atoms with E-state index in [0.29, 0.717) is 31.1 Å². The Morgan fingerprint density at radius 2 is 2.27 bits per heavy atom. The molecule has 2 amide bonds. The van der Waals surface area contributed by atoms with Crippen molar-refractivity contribution in [1.82, 2.24) is 10.2 Å². The standard InChI is InChI=1S/C15H17ClN2O4/c16-12-5-9-2-4-22-13(9)11(6-12)7-17-15(21)18-3-1-10(8-18)14(19)20/h5-6,10H,1-4,7-8H2,(H,17,21)(H,19,20). The summed E-state index contributed by atoms with van der Waals surface area (Å²) in [5.41, 5.74) is 1.91. The molecule has 2 aliphatic rings. The molecule has 3 rings (SSSR count). The molecule has 2 aliphatic heterocycles. The van der Waals surface area contributed by atoms with Gasteiger partial charge in [-0.05, 0) is 24.1 Å². The molecule has 0 saturated carbocycles. The van der Waals surface area contributed by atoms with Gasteiger partial charge in [0.2, 0.25) is 0 Å². The van der Waals surface area contributed by atoms with Crippen molar-refractivity contribution in [2.45, 2.75) is 19.4 Å². The first-order valence-electron chi connectivity index (χ1n) is 7.24. The highest BCUT2D eigenvalue weighted by atomic mass is 35.5. The van der Waals surface area contributed by atoms with Gasteiger partial charge in [0.05, 0.1) is 12.5 Å². The van der Waals surface area contributed by atoms with Crippen LogP contribution in [0.25, 0.3) is 0 Å². The lowest BCUT2D eigenvalue weighted by atomic mass is 10.1. The number of carbonyl (C=O) groups excluding carboxylic acids is 1. The second-order valence-corrected chi connectivity index (χ2v) is 6.02. The van der Waals surface area contributed by atoms with Gasteiger partial charge in [-0.2, -0.15) is 0 Å². The zero-order valence-corrected chi connectivity index (χ0v) is 12.7. The van der Waals surface area contributed by atoms with Crippen molar-refractivity contribution < 1.29 is 19.4 Å². The maximum Gasteiger partial charge on any atom is 0.317 e. The fourth-order valence-electron chi connectivity index (χ4n) is 2.91. The number of nitrogens with zero attached hydrogens (tertiary/aromatic N) is 1. The first kappa shape index (κ1) is 15.0. The van der Waals surface area contributed by atoms with Crippen molar-refractivity contribution in [3.05, 3.63) is 28.3 Å². The summed E-state index contributed by atoms with van der Waals surface area (Å²) < 4.78 is 5.59. The van der Waals surface area contributed by atoms with Gasteiger partial charge in [0.25, 0.3) is 0 Å². The molecule has 1 aromatic carbocycles. The van der Waals surface area contributed by atoms with Gasteiger partial charge >= 0.3 is 12.0 Å². The Morgan fingerprint density at radius 3 is 3.00 bits per heavy atom. The number of carboxylic acid groups (broad SMARTS) is 1. The summed E-state index contributed by atoms with van der Waals surface area (Å²) in [6.45, 7) is 1.66. The number of likely N-dealkylation sites (tertiary alicyclic amines) is 1. The molecule has 0 radical (unpaired) electrons. The Morgan fingerprint density at radius 1 is 1.45 bits per heavy atom. The number of hydrogen-bond donors (Lipinski definition) is 2. The minimum absolute atomic E-state index is 0.254. The Labute approximate surface area is 133 Å². The molecule has 1 atom stereocenters. The number of ether oxygens (including phenoxy) is 1. The van der Waals surface area contributed by atoms with Crippen molar-refractivity contribution >= 4 is 23.6 Å². The second kappa shape index (κ2) is 6.04. The minimum atomic E-state index is -0.851. The minimum Gasteiger partial charge on any atom is -0.493 e. The maximum absolute atomic E-state index is 12.1. The summed E-state index contributed by atoms with van der Waals surface area (Å²) in [7, 11) is 0. The summed E-state index contributed by atoms with van der Waals surface area (Å²) in [6, 6.07) is 3.42. The predicted molar refractivity (Wildman–Crippen MR) is 80.2 cm³/mol. The fourth-order valence-corrected chi connectivity index (χ4v) is 3.17. The highest BCUT2D eigenvalue weighted by Crippen LogP contribution is 2.32. The number of carboxylic acids is 1. The van der Waals surface area contributed by atoms with Crippen LogP contribution in [0.2, 0.25) is 5.02 Å².